The van der Waals surface area contributed by atoms with Crippen LogP contribution in [0.25, 0.3) is 10.2 Å². The monoisotopic (exact) mass is 307 g/mol. The van der Waals surface area contributed by atoms with Gasteiger partial charge >= 0.3 is 0 Å². The molecule has 1 amide bonds. The second kappa shape index (κ2) is 5.15. The fraction of sp³-hybridized carbons (Fsp3) is 0. The van der Waals surface area contributed by atoms with Crippen LogP contribution in [-0.2, 0) is 0 Å². The van der Waals surface area contributed by atoms with E-state index in [4.69, 9.17) is 11.6 Å². The molecule has 3 rings (SSSR count). The number of nitrogens with one attached hydrogen (secondary N) is 1. The van der Waals surface area contributed by atoms with Gasteiger partial charge in [-0.3, -0.25) is 4.79 Å². The third-order valence-electron chi connectivity index (χ3n) is 2.53. The number of fused-ring (bicyclic) bond motifs is 1. The second-order valence-corrected chi connectivity index (χ2v) is 5.37. The van der Waals surface area contributed by atoms with Crippen molar-refractivity contribution in [3.8, 4) is 0 Å². The van der Waals surface area contributed by atoms with Crippen LogP contribution in [0, 0.1) is 5.82 Å². The number of hydrogen-bond acceptors (Lipinski definition) is 4. The minimum absolute atomic E-state index is 0.264. The Balaban J connectivity index is 1.86. The number of thiazole rings is 1. The van der Waals surface area contributed by atoms with Crippen molar-refractivity contribution in [2.45, 2.75) is 0 Å². The first-order valence-electron chi connectivity index (χ1n) is 5.61. The maximum absolute atomic E-state index is 13.1. The van der Waals surface area contributed by atoms with Crippen LogP contribution in [-0.4, -0.2) is 15.9 Å². The molecule has 0 unspecified atom stereocenters. The molecular formula is C13H7ClFN3OS. The number of carbonyl (C=O) groups is 1. The second-order valence-electron chi connectivity index (χ2n) is 3.95. The molecule has 0 saturated carbocycles. The maximum Gasteiger partial charge on any atom is 0.284 e. The Morgan fingerprint density at radius 1 is 1.30 bits per heavy atom. The molecule has 7 heteroatoms. The summed E-state index contributed by atoms with van der Waals surface area (Å²) in [4.78, 5) is 20.0. The molecule has 3 aromatic rings. The van der Waals surface area contributed by atoms with Gasteiger partial charge in [0.25, 0.3) is 5.91 Å². The Hall–Kier alpha value is -2.05. The zero-order valence-corrected chi connectivity index (χ0v) is 11.5. The quantitative estimate of drug-likeness (QED) is 0.734. The molecule has 20 heavy (non-hydrogen) atoms. The number of aromatic nitrogens is 2. The number of anilines is 1. The Labute approximate surface area is 122 Å². The number of benzene rings is 1. The third kappa shape index (κ3) is 2.61. The lowest BCUT2D eigenvalue weighted by Crippen LogP contribution is -2.11. The Bertz CT molecular complexity index is 788. The molecule has 1 N–H and O–H groups in total. The molecule has 0 saturated heterocycles. The minimum atomic E-state index is -0.378. The Kier molecular flexibility index (Phi) is 3.33. The van der Waals surface area contributed by atoms with E-state index in [1.165, 1.54) is 29.7 Å². The van der Waals surface area contributed by atoms with Crippen molar-refractivity contribution in [1.29, 1.82) is 0 Å². The molecule has 0 bridgehead atoms. The number of pyridine rings is 1. The van der Waals surface area contributed by atoms with Crippen molar-refractivity contribution < 1.29 is 9.18 Å². The van der Waals surface area contributed by atoms with Crippen LogP contribution in [0.15, 0.2) is 36.5 Å². The lowest BCUT2D eigenvalue weighted by Gasteiger charge is -2.01. The molecule has 2 heterocycles. The van der Waals surface area contributed by atoms with Crippen molar-refractivity contribution in [3.63, 3.8) is 0 Å². The topological polar surface area (TPSA) is 54.9 Å². The summed E-state index contributed by atoms with van der Waals surface area (Å²) >= 11 is 6.86. The largest absolute Gasteiger partial charge is 0.319 e. The van der Waals surface area contributed by atoms with Crippen LogP contribution in [0.1, 0.15) is 9.80 Å². The SMILES string of the molecule is O=C(Nc1ccc(Cl)nc1)c1nc2cc(F)ccc2s1. The highest BCUT2D eigenvalue weighted by Gasteiger charge is 2.13. The van der Waals surface area contributed by atoms with Crippen LogP contribution in [0.4, 0.5) is 10.1 Å². The molecule has 0 fully saturated rings. The van der Waals surface area contributed by atoms with Gasteiger partial charge in [0.2, 0.25) is 0 Å². The van der Waals surface area contributed by atoms with E-state index in [2.05, 4.69) is 15.3 Å². The fourth-order valence-corrected chi connectivity index (χ4v) is 2.59. The first-order chi connectivity index (χ1) is 9.61. The van der Waals surface area contributed by atoms with Gasteiger partial charge in [-0.2, -0.15) is 0 Å². The fourth-order valence-electron chi connectivity index (χ4n) is 1.63. The summed E-state index contributed by atoms with van der Waals surface area (Å²) in [6, 6.07) is 7.45. The standard InChI is InChI=1S/C13H7ClFN3OS/c14-11-4-2-8(6-16-11)17-12(19)13-18-9-5-7(15)1-3-10(9)20-13/h1-6H,(H,17,19). The average Bonchev–Trinajstić information content (AvgIpc) is 2.84. The molecule has 100 valence electrons. The van der Waals surface area contributed by atoms with Crippen molar-refractivity contribution >= 4 is 44.7 Å². The summed E-state index contributed by atoms with van der Waals surface area (Å²) in [5.74, 6) is -0.743. The van der Waals surface area contributed by atoms with Gasteiger partial charge in [-0.15, -0.1) is 11.3 Å². The summed E-state index contributed by atoms with van der Waals surface area (Å²) in [5.41, 5.74) is 0.985. The van der Waals surface area contributed by atoms with E-state index in [1.807, 2.05) is 0 Å². The summed E-state index contributed by atoms with van der Waals surface area (Å²) in [6.45, 7) is 0. The van der Waals surface area contributed by atoms with Gasteiger partial charge in [0.15, 0.2) is 5.01 Å². The van der Waals surface area contributed by atoms with Gasteiger partial charge in [-0.05, 0) is 24.3 Å². The van der Waals surface area contributed by atoms with Crippen molar-refractivity contribution in [1.82, 2.24) is 9.97 Å². The molecule has 0 aliphatic heterocycles. The van der Waals surface area contributed by atoms with Crippen molar-refractivity contribution in [2.75, 3.05) is 5.32 Å². The smallest absolute Gasteiger partial charge is 0.284 e. The number of hydrogen-bond donors (Lipinski definition) is 1. The predicted octanol–water partition coefficient (Wildman–Crippen LogP) is 3.74. The highest BCUT2D eigenvalue weighted by molar-refractivity contribution is 7.20. The van der Waals surface area contributed by atoms with Crippen molar-refractivity contribution in [2.24, 2.45) is 0 Å². The van der Waals surface area contributed by atoms with E-state index in [0.717, 1.165) is 4.70 Å². The minimum Gasteiger partial charge on any atom is -0.319 e. The molecule has 2 aromatic heterocycles. The van der Waals surface area contributed by atoms with E-state index in [-0.39, 0.29) is 16.7 Å². The highest BCUT2D eigenvalue weighted by atomic mass is 35.5. The Morgan fingerprint density at radius 2 is 2.15 bits per heavy atom. The van der Waals surface area contributed by atoms with Gasteiger partial charge in [0.05, 0.1) is 22.1 Å². The molecule has 4 nitrogen and oxygen atoms in total. The van der Waals surface area contributed by atoms with E-state index < -0.39 is 0 Å². The van der Waals surface area contributed by atoms with Gasteiger partial charge in [0, 0.05) is 6.07 Å². The molecule has 0 atom stereocenters. The normalized spacial score (nSPS) is 10.7. The van der Waals surface area contributed by atoms with E-state index in [0.29, 0.717) is 16.4 Å². The van der Waals surface area contributed by atoms with Gasteiger partial charge in [-0.25, -0.2) is 14.4 Å². The summed E-state index contributed by atoms with van der Waals surface area (Å²) in [7, 11) is 0. The average molecular weight is 308 g/mol. The van der Waals surface area contributed by atoms with Gasteiger partial charge < -0.3 is 5.32 Å². The molecule has 0 spiro atoms. The first-order valence-corrected chi connectivity index (χ1v) is 6.80. The van der Waals surface area contributed by atoms with Crippen LogP contribution >= 0.6 is 22.9 Å². The van der Waals surface area contributed by atoms with Gasteiger partial charge in [0.1, 0.15) is 11.0 Å². The molecule has 0 radical (unpaired) electrons. The van der Waals surface area contributed by atoms with E-state index in [9.17, 15) is 9.18 Å². The lowest BCUT2D eigenvalue weighted by molar-refractivity contribution is 0.102. The zero-order chi connectivity index (χ0) is 14.1. The summed E-state index contributed by atoms with van der Waals surface area (Å²) < 4.78 is 13.8. The predicted molar refractivity (Wildman–Crippen MR) is 76.8 cm³/mol. The maximum atomic E-state index is 13.1. The van der Waals surface area contributed by atoms with Crippen molar-refractivity contribution in [3.05, 3.63) is 52.5 Å². The van der Waals surface area contributed by atoms with Crippen LogP contribution in [0.5, 0.6) is 0 Å². The van der Waals surface area contributed by atoms with E-state index in [1.54, 1.807) is 18.2 Å². The number of nitrogens with zero attached hydrogens (tertiary/aromatic N) is 2. The zero-order valence-electron chi connectivity index (χ0n) is 9.93. The summed E-state index contributed by atoms with van der Waals surface area (Å²) in [6.07, 6.45) is 1.45. The number of halogens is 2. The van der Waals surface area contributed by atoms with E-state index >= 15 is 0 Å². The molecular weight excluding hydrogens is 301 g/mol. The van der Waals surface area contributed by atoms with Crippen LogP contribution < -0.4 is 5.32 Å². The Morgan fingerprint density at radius 3 is 2.90 bits per heavy atom. The lowest BCUT2D eigenvalue weighted by atomic mass is 10.3. The third-order valence-corrected chi connectivity index (χ3v) is 3.79. The van der Waals surface area contributed by atoms with Crippen LogP contribution in [0.3, 0.4) is 0 Å². The molecule has 1 aromatic carbocycles. The summed E-state index contributed by atoms with van der Waals surface area (Å²) in [5, 5.41) is 3.27. The highest BCUT2D eigenvalue weighted by Crippen LogP contribution is 2.23. The van der Waals surface area contributed by atoms with Crippen LogP contribution in [0.2, 0.25) is 5.15 Å². The number of amides is 1. The molecule has 0 aliphatic carbocycles. The first kappa shape index (κ1) is 13.0. The number of rotatable bonds is 2. The molecule has 0 aliphatic rings. The van der Waals surface area contributed by atoms with Gasteiger partial charge in [-0.1, -0.05) is 11.6 Å². The number of carbonyl (C=O) groups excluding carboxylic acids is 1.